The average Bonchev–Trinajstić information content (AvgIpc) is 2.92. The van der Waals surface area contributed by atoms with E-state index in [-0.39, 0.29) is 6.04 Å². The molecular weight excluding hydrogens is 244 g/mol. The molecule has 0 amide bonds. The fourth-order valence-electron chi connectivity index (χ4n) is 2.07. The van der Waals surface area contributed by atoms with Gasteiger partial charge in [-0.1, -0.05) is 6.92 Å². The van der Waals surface area contributed by atoms with Gasteiger partial charge in [0.2, 0.25) is 0 Å². The lowest BCUT2D eigenvalue weighted by molar-refractivity contribution is 0.535. The maximum atomic E-state index is 4.53. The van der Waals surface area contributed by atoms with Crippen LogP contribution in [-0.2, 0) is 19.9 Å². The predicted molar refractivity (Wildman–Crippen MR) is 74.9 cm³/mol. The van der Waals surface area contributed by atoms with Crippen molar-refractivity contribution in [3.05, 3.63) is 33.5 Å². The Labute approximate surface area is 112 Å². The Bertz CT molecular complexity index is 515. The summed E-state index contributed by atoms with van der Waals surface area (Å²) in [6, 6.07) is 2.45. The summed E-state index contributed by atoms with van der Waals surface area (Å²) in [5.74, 6) is 0. The molecule has 1 unspecified atom stereocenters. The fraction of sp³-hybridized carbons (Fsp3) is 0.538. The number of nitrogens with zero attached hydrogens (tertiary/aromatic N) is 3. The minimum absolute atomic E-state index is 0.272. The summed E-state index contributed by atoms with van der Waals surface area (Å²) in [5, 5.41) is 11.1. The van der Waals surface area contributed by atoms with Crippen LogP contribution in [0.5, 0.6) is 0 Å². The van der Waals surface area contributed by atoms with E-state index >= 15 is 0 Å². The van der Waals surface area contributed by atoms with Crippen molar-refractivity contribution in [1.82, 2.24) is 20.1 Å². The first kappa shape index (κ1) is 13.2. The van der Waals surface area contributed by atoms with E-state index in [2.05, 4.69) is 33.8 Å². The van der Waals surface area contributed by atoms with Crippen LogP contribution in [0.25, 0.3) is 0 Å². The second-order valence-electron chi connectivity index (χ2n) is 4.47. The number of rotatable bonds is 5. The van der Waals surface area contributed by atoms with Gasteiger partial charge in [-0.05, 0) is 26.5 Å². The third-order valence-corrected chi connectivity index (χ3v) is 4.07. The molecule has 0 aliphatic rings. The molecule has 0 saturated heterocycles. The summed E-state index contributed by atoms with van der Waals surface area (Å²) in [5.41, 5.74) is 3.47. The molecule has 0 radical (unpaired) electrons. The number of likely N-dealkylation sites (N-methyl/N-ethyl adjacent to an activating group) is 1. The number of aryl methyl sites for hydroxylation is 3. The summed E-state index contributed by atoms with van der Waals surface area (Å²) >= 11 is 1.73. The topological polar surface area (TPSA) is 42.7 Å². The van der Waals surface area contributed by atoms with Crippen LogP contribution in [0.1, 0.15) is 35.1 Å². The van der Waals surface area contributed by atoms with Crippen LogP contribution in [-0.4, -0.2) is 21.8 Å². The first-order valence-electron chi connectivity index (χ1n) is 6.25. The van der Waals surface area contributed by atoms with E-state index in [9.17, 15) is 0 Å². The molecule has 2 heterocycles. The van der Waals surface area contributed by atoms with Gasteiger partial charge in [0.25, 0.3) is 0 Å². The van der Waals surface area contributed by atoms with Crippen LogP contribution >= 0.6 is 11.3 Å². The third kappa shape index (κ3) is 2.79. The van der Waals surface area contributed by atoms with E-state index in [1.165, 1.54) is 10.7 Å². The molecule has 0 fully saturated rings. The molecule has 2 aromatic heterocycles. The first-order valence-corrected chi connectivity index (χ1v) is 7.13. The van der Waals surface area contributed by atoms with Crippen molar-refractivity contribution in [1.29, 1.82) is 0 Å². The van der Waals surface area contributed by atoms with Crippen LogP contribution in [0.2, 0.25) is 0 Å². The Kier molecular flexibility index (Phi) is 4.14. The molecule has 1 atom stereocenters. The zero-order valence-electron chi connectivity index (χ0n) is 11.4. The summed E-state index contributed by atoms with van der Waals surface area (Å²) in [4.78, 5) is 4.53. The summed E-state index contributed by atoms with van der Waals surface area (Å²) in [6.07, 6.45) is 1.89. The quantitative estimate of drug-likeness (QED) is 0.900. The van der Waals surface area contributed by atoms with Gasteiger partial charge in [0, 0.05) is 24.5 Å². The van der Waals surface area contributed by atoms with Crippen LogP contribution in [0, 0.1) is 6.92 Å². The molecular formula is C13H20N4S. The van der Waals surface area contributed by atoms with E-state index in [0.29, 0.717) is 0 Å². The molecule has 98 valence electrons. The van der Waals surface area contributed by atoms with Gasteiger partial charge in [0.1, 0.15) is 0 Å². The second kappa shape index (κ2) is 5.63. The molecule has 5 heteroatoms. The van der Waals surface area contributed by atoms with Crippen LogP contribution in [0.4, 0.5) is 0 Å². The molecule has 0 aliphatic carbocycles. The van der Waals surface area contributed by atoms with Gasteiger partial charge in [-0.2, -0.15) is 5.10 Å². The Balaban J connectivity index is 2.19. The molecule has 4 nitrogen and oxygen atoms in total. The highest BCUT2D eigenvalue weighted by molar-refractivity contribution is 7.09. The van der Waals surface area contributed by atoms with Gasteiger partial charge in [-0.3, -0.25) is 4.68 Å². The predicted octanol–water partition coefficient (Wildman–Crippen LogP) is 2.25. The number of nitrogens with one attached hydrogen (secondary N) is 1. The van der Waals surface area contributed by atoms with Gasteiger partial charge < -0.3 is 5.32 Å². The minimum atomic E-state index is 0.272. The van der Waals surface area contributed by atoms with Gasteiger partial charge in [0.05, 0.1) is 22.4 Å². The highest BCUT2D eigenvalue weighted by atomic mass is 32.1. The highest BCUT2D eigenvalue weighted by Gasteiger charge is 2.16. The Hall–Kier alpha value is -1.20. The molecule has 2 aromatic rings. The molecule has 1 N–H and O–H groups in total. The molecule has 0 saturated carbocycles. The average molecular weight is 264 g/mol. The standard InChI is InChI=1S/C13H20N4S/c1-5-10-6-12(17(4)16-10)11(14-3)7-13-15-9(2)8-18-13/h6,8,11,14H,5,7H2,1-4H3. The monoisotopic (exact) mass is 264 g/mol. The smallest absolute Gasteiger partial charge is 0.0947 e. The van der Waals surface area contributed by atoms with Crippen LogP contribution < -0.4 is 5.32 Å². The largest absolute Gasteiger partial charge is 0.311 e. The first-order chi connectivity index (χ1) is 8.63. The van der Waals surface area contributed by atoms with Gasteiger partial charge in [-0.15, -0.1) is 11.3 Å². The molecule has 0 bridgehead atoms. The number of hydrogen-bond acceptors (Lipinski definition) is 4. The van der Waals surface area contributed by atoms with Crippen LogP contribution in [0.15, 0.2) is 11.4 Å². The number of aromatic nitrogens is 3. The Morgan fingerprint density at radius 3 is 2.78 bits per heavy atom. The number of thiazole rings is 1. The maximum Gasteiger partial charge on any atom is 0.0947 e. The van der Waals surface area contributed by atoms with E-state index in [0.717, 1.165) is 24.2 Å². The maximum absolute atomic E-state index is 4.53. The van der Waals surface area contributed by atoms with Crippen molar-refractivity contribution < 1.29 is 0 Å². The zero-order chi connectivity index (χ0) is 13.1. The van der Waals surface area contributed by atoms with Crippen molar-refractivity contribution in [2.24, 2.45) is 7.05 Å². The van der Waals surface area contributed by atoms with Crippen molar-refractivity contribution in [3.8, 4) is 0 Å². The van der Waals surface area contributed by atoms with Crippen molar-refractivity contribution in [3.63, 3.8) is 0 Å². The van der Waals surface area contributed by atoms with E-state index in [1.807, 2.05) is 25.7 Å². The van der Waals surface area contributed by atoms with Gasteiger partial charge >= 0.3 is 0 Å². The van der Waals surface area contributed by atoms with Crippen LogP contribution in [0.3, 0.4) is 0 Å². The Morgan fingerprint density at radius 1 is 1.50 bits per heavy atom. The van der Waals surface area contributed by atoms with Gasteiger partial charge in [0.15, 0.2) is 0 Å². The molecule has 0 spiro atoms. The lowest BCUT2D eigenvalue weighted by atomic mass is 10.1. The fourth-order valence-corrected chi connectivity index (χ4v) is 2.89. The van der Waals surface area contributed by atoms with Crippen molar-refractivity contribution >= 4 is 11.3 Å². The van der Waals surface area contributed by atoms with Crippen molar-refractivity contribution in [2.75, 3.05) is 7.05 Å². The lowest BCUT2D eigenvalue weighted by Gasteiger charge is -2.14. The summed E-state index contributed by atoms with van der Waals surface area (Å²) in [7, 11) is 4.00. The van der Waals surface area contributed by atoms with E-state index in [1.54, 1.807) is 11.3 Å². The summed E-state index contributed by atoms with van der Waals surface area (Å²) in [6.45, 7) is 4.17. The molecule has 0 aromatic carbocycles. The summed E-state index contributed by atoms with van der Waals surface area (Å²) < 4.78 is 1.97. The van der Waals surface area contributed by atoms with Gasteiger partial charge in [-0.25, -0.2) is 4.98 Å². The Morgan fingerprint density at radius 2 is 2.28 bits per heavy atom. The normalized spacial score (nSPS) is 12.9. The third-order valence-electron chi connectivity index (χ3n) is 3.08. The van der Waals surface area contributed by atoms with E-state index in [4.69, 9.17) is 0 Å². The molecule has 2 rings (SSSR count). The zero-order valence-corrected chi connectivity index (χ0v) is 12.2. The lowest BCUT2D eigenvalue weighted by Crippen LogP contribution is -2.21. The second-order valence-corrected chi connectivity index (χ2v) is 5.41. The highest BCUT2D eigenvalue weighted by Crippen LogP contribution is 2.21. The molecule has 18 heavy (non-hydrogen) atoms. The van der Waals surface area contributed by atoms with E-state index < -0.39 is 0 Å². The molecule has 0 aliphatic heterocycles. The van der Waals surface area contributed by atoms with Crippen molar-refractivity contribution in [2.45, 2.75) is 32.7 Å². The number of hydrogen-bond donors (Lipinski definition) is 1. The SMILES string of the molecule is CCc1cc(C(Cc2nc(C)cs2)NC)n(C)n1. The minimum Gasteiger partial charge on any atom is -0.311 e.